The number of hydrogen-bond acceptors (Lipinski definition) is 4. The number of ether oxygens (including phenoxy) is 3. The largest absolute Gasteiger partial charge is 0.493 e. The van der Waals surface area contributed by atoms with Crippen LogP contribution in [0.4, 0.5) is 0 Å². The quantitative estimate of drug-likeness (QED) is 0.792. The number of methoxy groups -OCH3 is 1. The van der Waals surface area contributed by atoms with Crippen molar-refractivity contribution in [3.8, 4) is 17.2 Å². The van der Waals surface area contributed by atoms with Gasteiger partial charge in [-0.2, -0.15) is 0 Å². The molecule has 122 valence electrons. The van der Waals surface area contributed by atoms with Crippen LogP contribution in [0.1, 0.15) is 21.5 Å². The second-order valence-electron chi connectivity index (χ2n) is 5.06. The molecule has 0 saturated heterocycles. The van der Waals surface area contributed by atoms with Gasteiger partial charge in [0, 0.05) is 0 Å². The molecule has 0 radical (unpaired) electrons. The van der Waals surface area contributed by atoms with Crippen LogP contribution in [0.3, 0.4) is 0 Å². The number of para-hydroxylation sites is 2. The Balaban J connectivity index is 2.03. The fourth-order valence-electron chi connectivity index (χ4n) is 2.31. The summed E-state index contributed by atoms with van der Waals surface area (Å²) in [7, 11) is 1.47. The maximum atomic E-state index is 11.3. The second-order valence-corrected chi connectivity index (χ2v) is 5.06. The standard InChI is InChI=1S/C18H20O5/c1-12-6-4-7-13(2)16(12)22-10-11-23-17-14(18(19)20)8-5-9-15(17)21-3/h4-9H,10-11H2,1-3H3,(H,19,20). The zero-order valence-electron chi connectivity index (χ0n) is 13.5. The fraction of sp³-hybridized carbons (Fsp3) is 0.278. The van der Waals surface area contributed by atoms with E-state index >= 15 is 0 Å². The van der Waals surface area contributed by atoms with Crippen molar-refractivity contribution < 1.29 is 24.1 Å². The van der Waals surface area contributed by atoms with E-state index in [1.165, 1.54) is 13.2 Å². The monoisotopic (exact) mass is 316 g/mol. The van der Waals surface area contributed by atoms with Crippen molar-refractivity contribution in [2.24, 2.45) is 0 Å². The first kappa shape index (κ1) is 16.7. The Morgan fingerprint density at radius 1 is 0.957 bits per heavy atom. The third-order valence-corrected chi connectivity index (χ3v) is 3.41. The van der Waals surface area contributed by atoms with Gasteiger partial charge in [0.05, 0.1) is 7.11 Å². The van der Waals surface area contributed by atoms with Crippen LogP contribution in [0, 0.1) is 13.8 Å². The van der Waals surface area contributed by atoms with Crippen molar-refractivity contribution in [3.63, 3.8) is 0 Å². The molecule has 0 heterocycles. The summed E-state index contributed by atoms with van der Waals surface area (Å²) in [6.45, 7) is 4.48. The van der Waals surface area contributed by atoms with Crippen molar-refractivity contribution in [2.45, 2.75) is 13.8 Å². The van der Waals surface area contributed by atoms with Gasteiger partial charge < -0.3 is 19.3 Å². The molecule has 0 aliphatic carbocycles. The molecular formula is C18H20O5. The Morgan fingerprint density at radius 2 is 1.52 bits per heavy atom. The van der Waals surface area contributed by atoms with Crippen molar-refractivity contribution in [1.29, 1.82) is 0 Å². The summed E-state index contributed by atoms with van der Waals surface area (Å²) in [5.74, 6) is 0.369. The number of rotatable bonds is 7. The number of carboxylic acids is 1. The van der Waals surface area contributed by atoms with Crippen LogP contribution in [0.2, 0.25) is 0 Å². The topological polar surface area (TPSA) is 65.0 Å². The molecule has 1 N–H and O–H groups in total. The lowest BCUT2D eigenvalue weighted by Gasteiger charge is -2.15. The minimum Gasteiger partial charge on any atom is -0.493 e. The number of carbonyl (C=O) groups is 1. The van der Waals surface area contributed by atoms with Gasteiger partial charge in [-0.3, -0.25) is 0 Å². The zero-order chi connectivity index (χ0) is 16.8. The highest BCUT2D eigenvalue weighted by Crippen LogP contribution is 2.31. The van der Waals surface area contributed by atoms with E-state index in [1.54, 1.807) is 12.1 Å². The van der Waals surface area contributed by atoms with Gasteiger partial charge in [-0.1, -0.05) is 24.3 Å². The van der Waals surface area contributed by atoms with Gasteiger partial charge in [0.25, 0.3) is 0 Å². The molecule has 23 heavy (non-hydrogen) atoms. The number of carboxylic acid groups (broad SMARTS) is 1. The van der Waals surface area contributed by atoms with E-state index in [0.29, 0.717) is 12.4 Å². The molecule has 2 aromatic carbocycles. The van der Waals surface area contributed by atoms with E-state index in [2.05, 4.69) is 0 Å². The summed E-state index contributed by atoms with van der Waals surface area (Å²) in [5, 5.41) is 9.23. The number of hydrogen-bond donors (Lipinski definition) is 1. The average molecular weight is 316 g/mol. The molecule has 0 unspecified atom stereocenters. The molecule has 0 fully saturated rings. The summed E-state index contributed by atoms with van der Waals surface area (Å²) < 4.78 is 16.5. The average Bonchev–Trinajstić information content (AvgIpc) is 2.53. The molecule has 0 aliphatic heterocycles. The predicted molar refractivity (Wildman–Crippen MR) is 86.9 cm³/mol. The molecule has 0 atom stereocenters. The highest BCUT2D eigenvalue weighted by atomic mass is 16.5. The molecule has 0 amide bonds. The van der Waals surface area contributed by atoms with E-state index in [0.717, 1.165) is 16.9 Å². The summed E-state index contributed by atoms with van der Waals surface area (Å²) in [6.07, 6.45) is 0. The Morgan fingerprint density at radius 3 is 2.09 bits per heavy atom. The maximum absolute atomic E-state index is 11.3. The molecular weight excluding hydrogens is 296 g/mol. The third-order valence-electron chi connectivity index (χ3n) is 3.41. The number of aryl methyl sites for hydroxylation is 2. The Labute approximate surface area is 135 Å². The van der Waals surface area contributed by atoms with Gasteiger partial charge >= 0.3 is 5.97 Å². The minimum absolute atomic E-state index is 0.0661. The molecule has 0 bridgehead atoms. The molecule has 5 heteroatoms. The minimum atomic E-state index is -1.06. The maximum Gasteiger partial charge on any atom is 0.339 e. The van der Waals surface area contributed by atoms with Crippen molar-refractivity contribution in [1.82, 2.24) is 0 Å². The van der Waals surface area contributed by atoms with Gasteiger partial charge in [-0.25, -0.2) is 4.79 Å². The lowest BCUT2D eigenvalue weighted by molar-refractivity contribution is 0.0690. The third kappa shape index (κ3) is 3.94. The van der Waals surface area contributed by atoms with Crippen LogP contribution in [-0.2, 0) is 0 Å². The first-order valence-corrected chi connectivity index (χ1v) is 7.26. The summed E-state index contributed by atoms with van der Waals surface area (Å²) >= 11 is 0. The summed E-state index contributed by atoms with van der Waals surface area (Å²) in [6, 6.07) is 10.7. The number of aromatic carboxylic acids is 1. The zero-order valence-corrected chi connectivity index (χ0v) is 13.5. The summed E-state index contributed by atoms with van der Waals surface area (Å²) in [5.41, 5.74) is 2.17. The normalized spacial score (nSPS) is 10.2. The van der Waals surface area contributed by atoms with Gasteiger partial charge in [-0.15, -0.1) is 0 Å². The van der Waals surface area contributed by atoms with Crippen LogP contribution in [0.25, 0.3) is 0 Å². The van der Waals surface area contributed by atoms with E-state index in [1.807, 2.05) is 32.0 Å². The highest BCUT2D eigenvalue weighted by Gasteiger charge is 2.16. The van der Waals surface area contributed by atoms with Crippen LogP contribution in [0.15, 0.2) is 36.4 Å². The Bertz CT molecular complexity index is 674. The molecule has 0 saturated carbocycles. The molecule has 0 spiro atoms. The number of benzene rings is 2. The molecule has 2 rings (SSSR count). The van der Waals surface area contributed by atoms with Crippen molar-refractivity contribution in [2.75, 3.05) is 20.3 Å². The van der Waals surface area contributed by atoms with E-state index < -0.39 is 5.97 Å². The second kappa shape index (κ2) is 7.54. The SMILES string of the molecule is COc1cccc(C(=O)O)c1OCCOc1c(C)cccc1C. The molecule has 0 aromatic heterocycles. The molecule has 2 aromatic rings. The van der Waals surface area contributed by atoms with Gasteiger partial charge in [-0.05, 0) is 37.1 Å². The highest BCUT2D eigenvalue weighted by molar-refractivity contribution is 5.92. The van der Waals surface area contributed by atoms with Crippen LogP contribution in [0.5, 0.6) is 17.2 Å². The van der Waals surface area contributed by atoms with Crippen molar-refractivity contribution in [3.05, 3.63) is 53.1 Å². The molecule has 5 nitrogen and oxygen atoms in total. The smallest absolute Gasteiger partial charge is 0.339 e. The first-order chi connectivity index (χ1) is 11.0. The lowest BCUT2D eigenvalue weighted by Crippen LogP contribution is -2.13. The predicted octanol–water partition coefficient (Wildman–Crippen LogP) is 3.47. The van der Waals surface area contributed by atoms with Crippen LogP contribution >= 0.6 is 0 Å². The molecule has 0 aliphatic rings. The Kier molecular flexibility index (Phi) is 5.46. The van der Waals surface area contributed by atoms with Gasteiger partial charge in [0.15, 0.2) is 11.5 Å². The first-order valence-electron chi connectivity index (χ1n) is 7.26. The van der Waals surface area contributed by atoms with Gasteiger partial charge in [0.1, 0.15) is 24.5 Å². The summed E-state index contributed by atoms with van der Waals surface area (Å²) in [4.78, 5) is 11.3. The Hall–Kier alpha value is -2.69. The van der Waals surface area contributed by atoms with E-state index in [9.17, 15) is 9.90 Å². The van der Waals surface area contributed by atoms with Crippen molar-refractivity contribution >= 4 is 5.97 Å². The van der Waals surface area contributed by atoms with Crippen LogP contribution in [-0.4, -0.2) is 31.4 Å². The lowest BCUT2D eigenvalue weighted by atomic mass is 10.1. The van der Waals surface area contributed by atoms with E-state index in [4.69, 9.17) is 14.2 Å². The van der Waals surface area contributed by atoms with E-state index in [-0.39, 0.29) is 17.9 Å². The fourth-order valence-corrected chi connectivity index (χ4v) is 2.31. The van der Waals surface area contributed by atoms with Crippen LogP contribution < -0.4 is 14.2 Å². The van der Waals surface area contributed by atoms with Gasteiger partial charge in [0.2, 0.25) is 0 Å².